The van der Waals surface area contributed by atoms with Crippen molar-refractivity contribution >= 4 is 83.7 Å². The molecule has 0 aliphatic carbocycles. The predicted octanol–water partition coefficient (Wildman–Crippen LogP) is -3.00. The summed E-state index contributed by atoms with van der Waals surface area (Å²) in [5.41, 5.74) is 6.19. The van der Waals surface area contributed by atoms with E-state index in [4.69, 9.17) is 10.8 Å². The number of phenols is 1. The number of carbonyl (C=O) groups is 12. The van der Waals surface area contributed by atoms with Crippen molar-refractivity contribution in [3.63, 3.8) is 0 Å². The first kappa shape index (κ1) is 65.0. The minimum absolute atomic E-state index is 0.0148. The number of thiol groups is 1. The van der Waals surface area contributed by atoms with Crippen LogP contribution in [0.5, 0.6) is 5.75 Å². The molecular formula is C48H74N10O17S. The Kier molecular flexibility index (Phi) is 27.2. The van der Waals surface area contributed by atoms with Gasteiger partial charge in [-0.25, -0.2) is 4.79 Å². The monoisotopic (exact) mass is 1090 g/mol. The van der Waals surface area contributed by atoms with Crippen molar-refractivity contribution in [2.45, 2.75) is 160 Å². The van der Waals surface area contributed by atoms with E-state index >= 15 is 0 Å². The number of aromatic hydroxyl groups is 1. The molecule has 2 rings (SSSR count). The molecule has 1 aliphatic rings. The van der Waals surface area contributed by atoms with Crippen LogP contribution in [-0.2, 0) is 64.0 Å². The Morgan fingerprint density at radius 1 is 0.618 bits per heavy atom. The van der Waals surface area contributed by atoms with E-state index < -0.39 is 163 Å². The number of carboxylic acids is 3. The molecular weight excluding hydrogens is 1020 g/mol. The summed E-state index contributed by atoms with van der Waals surface area (Å²) in [4.78, 5) is 157. The van der Waals surface area contributed by atoms with Crippen molar-refractivity contribution in [1.82, 2.24) is 47.4 Å². The Hall–Kier alpha value is -7.07. The van der Waals surface area contributed by atoms with Gasteiger partial charge < -0.3 is 78.7 Å². The molecule has 1 aromatic carbocycles. The number of nitrogens with one attached hydrogen (secondary N) is 8. The summed E-state index contributed by atoms with van der Waals surface area (Å²) in [5, 5.41) is 67.1. The maximum atomic E-state index is 14.1. The minimum atomic E-state index is -1.73. The summed E-state index contributed by atoms with van der Waals surface area (Å²) in [6, 6.07) is -8.40. The minimum Gasteiger partial charge on any atom is -0.508 e. The smallest absolute Gasteiger partial charge is 0.326 e. The molecule has 0 bridgehead atoms. The quantitative estimate of drug-likeness (QED) is 0.0330. The molecule has 1 fully saturated rings. The van der Waals surface area contributed by atoms with Crippen molar-refractivity contribution in [1.29, 1.82) is 0 Å². The van der Waals surface area contributed by atoms with Gasteiger partial charge in [-0.3, -0.25) is 52.7 Å². The molecule has 1 aromatic rings. The third-order valence-electron chi connectivity index (χ3n) is 12.3. The van der Waals surface area contributed by atoms with Crippen LogP contribution in [0.15, 0.2) is 24.3 Å². The van der Waals surface area contributed by atoms with E-state index in [0.29, 0.717) is 18.4 Å². The van der Waals surface area contributed by atoms with E-state index in [2.05, 4.69) is 55.2 Å². The van der Waals surface area contributed by atoms with E-state index in [9.17, 15) is 78.0 Å². The summed E-state index contributed by atoms with van der Waals surface area (Å²) in [5.74, 6) is -13.8. The zero-order chi connectivity index (χ0) is 57.6. The molecule has 1 heterocycles. The molecule has 76 heavy (non-hydrogen) atoms. The third kappa shape index (κ3) is 20.6. The zero-order valence-electron chi connectivity index (χ0n) is 43.3. The number of phenolic OH excluding ortho intramolecular Hbond substituents is 1. The number of carbonyl (C=O) groups excluding carboxylic acids is 9. The second-order valence-corrected chi connectivity index (χ2v) is 19.3. The second kappa shape index (κ2) is 31.7. The summed E-state index contributed by atoms with van der Waals surface area (Å²) < 4.78 is 0. The van der Waals surface area contributed by atoms with Crippen LogP contribution in [0.2, 0.25) is 0 Å². The van der Waals surface area contributed by atoms with Gasteiger partial charge in [-0.2, -0.15) is 12.6 Å². The SMILES string of the molecule is CCC(NC(=O)C1CCCCN1C(=O)[C@H](CS)NC(=O)C(CC)NC(=O)[C@@H](NC(=O)[C@@H](NC(=O)[C@H](CC(=O)O)NC(=O)[C@@H](N)CCC(=O)O)C(C)C)C(C)C)C(=O)N[C@@H](CO)C(=O)N[C@@H](Cc1ccc(O)cc1)C(=O)O. The molecule has 424 valence electrons. The molecule has 1 aliphatic heterocycles. The highest BCUT2D eigenvalue weighted by Crippen LogP contribution is 2.20. The van der Waals surface area contributed by atoms with Crippen LogP contribution >= 0.6 is 12.6 Å². The van der Waals surface area contributed by atoms with E-state index in [1.165, 1.54) is 29.2 Å². The number of amides is 9. The number of aliphatic hydroxyl groups excluding tert-OH is 1. The summed E-state index contributed by atoms with van der Waals surface area (Å²) in [6.07, 6.45) is -0.809. The highest BCUT2D eigenvalue weighted by molar-refractivity contribution is 7.80. The molecule has 15 N–H and O–H groups in total. The lowest BCUT2D eigenvalue weighted by Gasteiger charge is -2.37. The number of piperidine rings is 1. The van der Waals surface area contributed by atoms with Gasteiger partial charge in [0.05, 0.1) is 19.1 Å². The van der Waals surface area contributed by atoms with Gasteiger partial charge >= 0.3 is 17.9 Å². The van der Waals surface area contributed by atoms with Crippen LogP contribution in [-0.4, -0.2) is 181 Å². The number of carboxylic acid groups (broad SMARTS) is 3. The van der Waals surface area contributed by atoms with Crippen molar-refractivity contribution in [2.24, 2.45) is 17.6 Å². The molecule has 0 saturated carbocycles. The Morgan fingerprint density at radius 2 is 1.09 bits per heavy atom. The Labute approximate surface area is 444 Å². The van der Waals surface area contributed by atoms with Crippen LogP contribution in [0.3, 0.4) is 0 Å². The van der Waals surface area contributed by atoms with Crippen molar-refractivity contribution in [2.75, 3.05) is 18.9 Å². The molecule has 3 unspecified atom stereocenters. The van der Waals surface area contributed by atoms with Gasteiger partial charge in [0.2, 0.25) is 53.2 Å². The van der Waals surface area contributed by atoms with Crippen molar-refractivity contribution in [3.8, 4) is 5.75 Å². The Morgan fingerprint density at radius 3 is 1.59 bits per heavy atom. The third-order valence-corrected chi connectivity index (χ3v) is 12.7. The number of nitrogens with zero attached hydrogens (tertiary/aromatic N) is 1. The topological polar surface area (TPSA) is 431 Å². The first-order valence-corrected chi connectivity index (χ1v) is 25.5. The van der Waals surface area contributed by atoms with E-state index in [1.807, 2.05) is 0 Å². The summed E-state index contributed by atoms with van der Waals surface area (Å²) in [6.45, 7) is 8.51. The molecule has 0 spiro atoms. The number of benzene rings is 1. The highest BCUT2D eigenvalue weighted by Gasteiger charge is 2.39. The van der Waals surface area contributed by atoms with Crippen molar-refractivity contribution in [3.05, 3.63) is 29.8 Å². The Balaban J connectivity index is 2.16. The van der Waals surface area contributed by atoms with Gasteiger partial charge in [0.1, 0.15) is 60.1 Å². The van der Waals surface area contributed by atoms with Crippen LogP contribution < -0.4 is 48.3 Å². The number of likely N-dealkylation sites (tertiary alicyclic amines) is 1. The average Bonchev–Trinajstić information content (AvgIpc) is 3.36. The molecule has 10 atom stereocenters. The maximum Gasteiger partial charge on any atom is 0.326 e. The lowest BCUT2D eigenvalue weighted by atomic mass is 9.98. The maximum absolute atomic E-state index is 14.1. The van der Waals surface area contributed by atoms with E-state index in [1.54, 1.807) is 41.5 Å². The van der Waals surface area contributed by atoms with Gasteiger partial charge in [-0.15, -0.1) is 0 Å². The van der Waals surface area contributed by atoms with E-state index in [0.717, 1.165) is 0 Å². The largest absolute Gasteiger partial charge is 0.508 e. The fourth-order valence-corrected chi connectivity index (χ4v) is 8.05. The Bertz CT molecular complexity index is 2240. The molecule has 0 radical (unpaired) electrons. The van der Waals surface area contributed by atoms with Crippen LogP contribution in [0, 0.1) is 11.8 Å². The fourth-order valence-electron chi connectivity index (χ4n) is 7.81. The zero-order valence-corrected chi connectivity index (χ0v) is 44.2. The standard InChI is InChI=1S/C48H74N10O17S/c1-7-28(40(66)54-32(21-59)43(69)53-31(48(74)75)19-25-12-14-26(60)15-13-25)50-44(70)34-11-9-10-18-58(34)47(73)33(22-76)55-41(67)29(8-2)51-45(71)37(23(3)4)57-46(72)38(24(5)6)56-42(68)30(20-36(63)64)52-39(65)27(49)16-17-35(61)62/h12-15,23-24,27-34,37-38,59-60,76H,7-11,16-22,49H2,1-6H3,(H,50,70)(H,51,71)(H,52,65)(H,53,69)(H,54,66)(H,55,67)(H,56,68)(H,57,72)(H,61,62)(H,63,64)(H,74,75)/t27-,28?,29?,30-,31-,32-,33-,34?,37-,38-/m0/s1. The first-order chi connectivity index (χ1) is 35.7. The molecule has 27 nitrogen and oxygen atoms in total. The van der Waals surface area contributed by atoms with Crippen LogP contribution in [0.25, 0.3) is 0 Å². The number of aliphatic hydroxyl groups is 1. The number of hydrogen-bond donors (Lipinski definition) is 15. The van der Waals surface area contributed by atoms with Crippen LogP contribution in [0.1, 0.15) is 98.5 Å². The average molecular weight is 1100 g/mol. The van der Waals surface area contributed by atoms with Crippen molar-refractivity contribution < 1.29 is 83.1 Å². The van der Waals surface area contributed by atoms with Gasteiger partial charge in [-0.1, -0.05) is 53.7 Å². The normalized spacial score (nSPS) is 16.9. The van der Waals surface area contributed by atoms with Gasteiger partial charge in [0, 0.05) is 25.1 Å². The predicted molar refractivity (Wildman–Crippen MR) is 273 cm³/mol. The molecule has 9 amide bonds. The molecule has 28 heteroatoms. The van der Waals surface area contributed by atoms with Gasteiger partial charge in [-0.05, 0) is 68.1 Å². The second-order valence-electron chi connectivity index (χ2n) is 18.9. The fraction of sp³-hybridized carbons (Fsp3) is 0.625. The highest BCUT2D eigenvalue weighted by atomic mass is 32.1. The molecule has 0 aromatic heterocycles. The summed E-state index contributed by atoms with van der Waals surface area (Å²) >= 11 is 4.29. The lowest BCUT2D eigenvalue weighted by Crippen LogP contribution is -2.62. The van der Waals surface area contributed by atoms with Gasteiger partial charge in [0.15, 0.2) is 0 Å². The lowest BCUT2D eigenvalue weighted by molar-refractivity contribution is -0.145. The summed E-state index contributed by atoms with van der Waals surface area (Å²) in [7, 11) is 0. The molecule has 1 saturated heterocycles. The van der Waals surface area contributed by atoms with Gasteiger partial charge in [0.25, 0.3) is 0 Å². The van der Waals surface area contributed by atoms with Crippen LogP contribution in [0.4, 0.5) is 0 Å². The first-order valence-electron chi connectivity index (χ1n) is 24.8. The number of nitrogens with two attached hydrogens (primary N) is 1. The van der Waals surface area contributed by atoms with E-state index in [-0.39, 0.29) is 50.2 Å². The number of hydrogen-bond acceptors (Lipinski definition) is 16. The number of aliphatic carboxylic acids is 3. The number of rotatable bonds is 31.